The highest BCUT2D eigenvalue weighted by Gasteiger charge is 2.23. The molecule has 1 aliphatic rings. The van der Waals surface area contributed by atoms with Gasteiger partial charge in [-0.25, -0.2) is 0 Å². The third-order valence-electron chi connectivity index (χ3n) is 3.15. The van der Waals surface area contributed by atoms with E-state index in [-0.39, 0.29) is 6.61 Å². The Morgan fingerprint density at radius 3 is 2.80 bits per heavy atom. The van der Waals surface area contributed by atoms with E-state index in [1.165, 1.54) is 32.1 Å². The van der Waals surface area contributed by atoms with E-state index in [4.69, 9.17) is 17.3 Å². The molecule has 1 rings (SSSR count). The number of thiocarbonyl (C=S) groups is 1. The van der Waals surface area contributed by atoms with Crippen LogP contribution in [0.5, 0.6) is 0 Å². The third-order valence-corrected chi connectivity index (χ3v) is 3.41. The molecule has 0 aromatic rings. The minimum absolute atomic E-state index is 0.129. The zero-order chi connectivity index (χ0) is 11.1. The molecule has 0 aliphatic heterocycles. The van der Waals surface area contributed by atoms with Gasteiger partial charge in [-0.1, -0.05) is 26.2 Å². The maximum atomic E-state index is 8.67. The fourth-order valence-electron chi connectivity index (χ4n) is 2.28. The number of rotatable bonds is 4. The van der Waals surface area contributed by atoms with Crippen molar-refractivity contribution in [3.05, 3.63) is 0 Å². The van der Waals surface area contributed by atoms with Crippen molar-refractivity contribution in [1.82, 2.24) is 10.6 Å². The first kappa shape index (κ1) is 12.7. The van der Waals surface area contributed by atoms with Gasteiger partial charge in [0.15, 0.2) is 5.11 Å². The lowest BCUT2D eigenvalue weighted by molar-refractivity contribution is 0.277. The molecule has 0 spiro atoms. The minimum atomic E-state index is 0.129. The van der Waals surface area contributed by atoms with Crippen molar-refractivity contribution in [3.63, 3.8) is 0 Å². The van der Waals surface area contributed by atoms with Crippen molar-refractivity contribution in [2.24, 2.45) is 5.92 Å². The van der Waals surface area contributed by atoms with Crippen molar-refractivity contribution in [1.29, 1.82) is 0 Å². The number of hydrogen-bond donors (Lipinski definition) is 3. The summed E-state index contributed by atoms with van der Waals surface area (Å²) in [6, 6.07) is 0.530. The molecule has 15 heavy (non-hydrogen) atoms. The Hall–Kier alpha value is -0.350. The summed E-state index contributed by atoms with van der Waals surface area (Å²) in [5.41, 5.74) is 0. The molecule has 2 atom stereocenters. The van der Waals surface area contributed by atoms with Gasteiger partial charge in [0.05, 0.1) is 6.61 Å². The lowest BCUT2D eigenvalue weighted by atomic mass is 9.83. The predicted octanol–water partition coefficient (Wildman–Crippen LogP) is 1.41. The molecule has 4 heteroatoms. The fraction of sp³-hybridized carbons (Fsp3) is 0.909. The summed E-state index contributed by atoms with van der Waals surface area (Å²) in [5.74, 6) is 0.757. The smallest absolute Gasteiger partial charge is 0.166 e. The summed E-state index contributed by atoms with van der Waals surface area (Å²) in [6.45, 7) is 2.91. The highest BCUT2D eigenvalue weighted by atomic mass is 32.1. The van der Waals surface area contributed by atoms with Crippen LogP contribution in [0.4, 0.5) is 0 Å². The molecule has 3 nitrogen and oxygen atoms in total. The maximum Gasteiger partial charge on any atom is 0.166 e. The number of nitrogens with one attached hydrogen (secondary N) is 2. The molecule has 0 radical (unpaired) electrons. The van der Waals surface area contributed by atoms with Gasteiger partial charge < -0.3 is 15.7 Å². The molecule has 1 aliphatic carbocycles. The average molecular weight is 230 g/mol. The van der Waals surface area contributed by atoms with Crippen LogP contribution >= 0.6 is 12.2 Å². The van der Waals surface area contributed by atoms with E-state index >= 15 is 0 Å². The summed E-state index contributed by atoms with van der Waals surface area (Å²) in [5, 5.41) is 15.7. The van der Waals surface area contributed by atoms with E-state index in [0.29, 0.717) is 17.7 Å². The van der Waals surface area contributed by atoms with Crippen molar-refractivity contribution in [3.8, 4) is 0 Å². The molecule has 88 valence electrons. The Morgan fingerprint density at radius 2 is 2.13 bits per heavy atom. The zero-order valence-electron chi connectivity index (χ0n) is 9.46. The maximum absolute atomic E-state index is 8.67. The van der Waals surface area contributed by atoms with Crippen LogP contribution in [0.3, 0.4) is 0 Å². The topological polar surface area (TPSA) is 44.3 Å². The number of hydrogen-bond acceptors (Lipinski definition) is 2. The van der Waals surface area contributed by atoms with Gasteiger partial charge in [0, 0.05) is 12.6 Å². The predicted molar refractivity (Wildman–Crippen MR) is 66.9 cm³/mol. The summed E-state index contributed by atoms with van der Waals surface area (Å²) >= 11 is 5.17. The van der Waals surface area contributed by atoms with Gasteiger partial charge in [0.25, 0.3) is 0 Å². The van der Waals surface area contributed by atoms with Crippen molar-refractivity contribution in [2.75, 3.05) is 13.2 Å². The Labute approximate surface area is 97.6 Å². The van der Waals surface area contributed by atoms with Gasteiger partial charge in [0.1, 0.15) is 0 Å². The summed E-state index contributed by atoms with van der Waals surface area (Å²) in [4.78, 5) is 0. The Balaban J connectivity index is 2.30. The van der Waals surface area contributed by atoms with Crippen LogP contribution in [0.2, 0.25) is 0 Å². The molecule has 1 fully saturated rings. The van der Waals surface area contributed by atoms with Gasteiger partial charge in [0.2, 0.25) is 0 Å². The molecular formula is C11H22N2OS. The zero-order valence-corrected chi connectivity index (χ0v) is 10.3. The van der Waals surface area contributed by atoms with Crippen LogP contribution in [0.15, 0.2) is 0 Å². The highest BCUT2D eigenvalue weighted by molar-refractivity contribution is 7.80. The standard InChI is InChI=1S/C11H22N2OS/c1-2-9-5-3-4-6-10(9)13-11(15)12-7-8-14/h9-10,14H,2-8H2,1H3,(H2,12,13,15). The van der Waals surface area contributed by atoms with Crippen LogP contribution < -0.4 is 10.6 Å². The lowest BCUT2D eigenvalue weighted by Crippen LogP contribution is -2.47. The molecular weight excluding hydrogens is 208 g/mol. The van der Waals surface area contributed by atoms with Crippen molar-refractivity contribution >= 4 is 17.3 Å². The highest BCUT2D eigenvalue weighted by Crippen LogP contribution is 2.26. The Morgan fingerprint density at radius 1 is 1.40 bits per heavy atom. The van der Waals surface area contributed by atoms with Gasteiger partial charge in [-0.2, -0.15) is 0 Å². The van der Waals surface area contributed by atoms with E-state index < -0.39 is 0 Å². The van der Waals surface area contributed by atoms with Crippen molar-refractivity contribution in [2.45, 2.75) is 45.1 Å². The van der Waals surface area contributed by atoms with E-state index in [2.05, 4.69) is 17.6 Å². The molecule has 2 unspecified atom stereocenters. The van der Waals surface area contributed by atoms with Gasteiger partial charge in [-0.15, -0.1) is 0 Å². The lowest BCUT2D eigenvalue weighted by Gasteiger charge is -2.32. The molecule has 0 aromatic heterocycles. The first-order valence-corrected chi connectivity index (χ1v) is 6.34. The van der Waals surface area contributed by atoms with Crippen LogP contribution in [0.1, 0.15) is 39.0 Å². The summed E-state index contributed by atoms with van der Waals surface area (Å²) < 4.78 is 0. The Bertz CT molecular complexity index is 199. The second-order valence-corrected chi connectivity index (χ2v) is 4.59. The fourth-order valence-corrected chi connectivity index (χ4v) is 2.53. The molecule has 0 bridgehead atoms. The second kappa shape index (κ2) is 7.01. The van der Waals surface area contributed by atoms with E-state index in [1.807, 2.05) is 0 Å². The van der Waals surface area contributed by atoms with Crippen LogP contribution in [0, 0.1) is 5.92 Å². The van der Waals surface area contributed by atoms with Crippen LogP contribution in [-0.2, 0) is 0 Å². The van der Waals surface area contributed by atoms with E-state index in [9.17, 15) is 0 Å². The van der Waals surface area contributed by atoms with Crippen LogP contribution in [0.25, 0.3) is 0 Å². The normalized spacial score (nSPS) is 26.0. The number of aliphatic hydroxyl groups excluding tert-OH is 1. The summed E-state index contributed by atoms with van der Waals surface area (Å²) in [7, 11) is 0. The molecule has 0 amide bonds. The molecule has 0 saturated heterocycles. The first-order chi connectivity index (χ1) is 7.27. The van der Waals surface area contributed by atoms with Crippen molar-refractivity contribution < 1.29 is 5.11 Å². The van der Waals surface area contributed by atoms with E-state index in [1.54, 1.807) is 0 Å². The largest absolute Gasteiger partial charge is 0.395 e. The SMILES string of the molecule is CCC1CCCCC1NC(=S)NCCO. The number of aliphatic hydroxyl groups is 1. The van der Waals surface area contributed by atoms with Gasteiger partial charge in [-0.3, -0.25) is 0 Å². The van der Waals surface area contributed by atoms with Gasteiger partial charge >= 0.3 is 0 Å². The van der Waals surface area contributed by atoms with E-state index in [0.717, 1.165) is 5.92 Å². The third kappa shape index (κ3) is 4.34. The molecule has 0 heterocycles. The molecule has 1 saturated carbocycles. The monoisotopic (exact) mass is 230 g/mol. The van der Waals surface area contributed by atoms with Gasteiger partial charge in [-0.05, 0) is 31.0 Å². The molecule has 0 aromatic carbocycles. The minimum Gasteiger partial charge on any atom is -0.395 e. The second-order valence-electron chi connectivity index (χ2n) is 4.18. The molecule has 3 N–H and O–H groups in total. The average Bonchev–Trinajstić information content (AvgIpc) is 2.27. The quantitative estimate of drug-likeness (QED) is 0.639. The van der Waals surface area contributed by atoms with Crippen LogP contribution in [-0.4, -0.2) is 29.4 Å². The Kier molecular flexibility index (Phi) is 5.95. The first-order valence-electron chi connectivity index (χ1n) is 5.93. The summed E-state index contributed by atoms with van der Waals surface area (Å²) in [6.07, 6.45) is 6.42.